The second-order valence-corrected chi connectivity index (χ2v) is 7.90. The van der Waals surface area contributed by atoms with Gasteiger partial charge in [-0.15, -0.1) is 0 Å². The van der Waals surface area contributed by atoms with Crippen LogP contribution in [0, 0.1) is 11.6 Å². The van der Waals surface area contributed by atoms with Gasteiger partial charge in [0.2, 0.25) is 11.8 Å². The molecule has 0 saturated carbocycles. The lowest BCUT2D eigenvalue weighted by molar-refractivity contribution is -0.157. The number of likely N-dealkylation sites (tertiary alicyclic amines) is 1. The third-order valence-electron chi connectivity index (χ3n) is 4.32. The highest BCUT2D eigenvalue weighted by molar-refractivity contribution is 5.91. The second-order valence-electron chi connectivity index (χ2n) is 7.90. The largest absolute Gasteiger partial charge is 0.460 e. The fraction of sp³-hybridized carbons (Fsp3) is 0.550. The van der Waals surface area contributed by atoms with E-state index < -0.39 is 47.1 Å². The summed E-state index contributed by atoms with van der Waals surface area (Å²) >= 11 is 0. The van der Waals surface area contributed by atoms with Gasteiger partial charge in [-0.25, -0.2) is 8.78 Å². The molecule has 8 heteroatoms. The SMILES string of the molecule is CC(=O)N[C@@H](CC(=O)OC(C)(C)C)C(=O)N1CCCC1c1cc(F)ccc1F. The molecule has 1 saturated heterocycles. The molecule has 1 aromatic carbocycles. The van der Waals surface area contributed by atoms with Gasteiger partial charge in [-0.1, -0.05) is 0 Å². The minimum absolute atomic E-state index is 0.0877. The summed E-state index contributed by atoms with van der Waals surface area (Å²) < 4.78 is 33.1. The summed E-state index contributed by atoms with van der Waals surface area (Å²) in [7, 11) is 0. The highest BCUT2D eigenvalue weighted by atomic mass is 19.1. The van der Waals surface area contributed by atoms with E-state index in [0.29, 0.717) is 19.4 Å². The van der Waals surface area contributed by atoms with E-state index in [-0.39, 0.29) is 12.0 Å². The van der Waals surface area contributed by atoms with Gasteiger partial charge in [-0.2, -0.15) is 0 Å². The monoisotopic (exact) mass is 396 g/mol. The van der Waals surface area contributed by atoms with Crippen LogP contribution in [0.25, 0.3) is 0 Å². The van der Waals surface area contributed by atoms with Crippen LogP contribution >= 0.6 is 0 Å². The topological polar surface area (TPSA) is 75.7 Å². The van der Waals surface area contributed by atoms with Crippen LogP contribution in [0.2, 0.25) is 0 Å². The molecular formula is C20H26F2N2O4. The van der Waals surface area contributed by atoms with E-state index in [9.17, 15) is 23.2 Å². The molecule has 1 aromatic rings. The van der Waals surface area contributed by atoms with Crippen molar-refractivity contribution in [3.8, 4) is 0 Å². The van der Waals surface area contributed by atoms with Crippen LogP contribution in [-0.2, 0) is 19.1 Å². The molecule has 28 heavy (non-hydrogen) atoms. The zero-order valence-corrected chi connectivity index (χ0v) is 16.6. The molecule has 0 spiro atoms. The van der Waals surface area contributed by atoms with Crippen LogP contribution in [0.4, 0.5) is 8.78 Å². The summed E-state index contributed by atoms with van der Waals surface area (Å²) in [6.45, 7) is 6.66. The first-order valence-electron chi connectivity index (χ1n) is 9.22. The first-order valence-corrected chi connectivity index (χ1v) is 9.22. The third-order valence-corrected chi connectivity index (χ3v) is 4.32. The van der Waals surface area contributed by atoms with Crippen molar-refractivity contribution >= 4 is 17.8 Å². The van der Waals surface area contributed by atoms with Crippen molar-refractivity contribution in [1.82, 2.24) is 10.2 Å². The van der Waals surface area contributed by atoms with Crippen molar-refractivity contribution in [2.45, 2.75) is 64.6 Å². The van der Waals surface area contributed by atoms with Crippen LogP contribution < -0.4 is 5.32 Å². The molecule has 1 heterocycles. The van der Waals surface area contributed by atoms with Crippen molar-refractivity contribution in [3.05, 3.63) is 35.4 Å². The van der Waals surface area contributed by atoms with E-state index in [1.807, 2.05) is 0 Å². The molecular weight excluding hydrogens is 370 g/mol. The predicted molar refractivity (Wildman–Crippen MR) is 98.1 cm³/mol. The van der Waals surface area contributed by atoms with Gasteiger partial charge in [0.15, 0.2) is 0 Å². The number of benzene rings is 1. The molecule has 1 aliphatic heterocycles. The number of esters is 1. The lowest BCUT2D eigenvalue weighted by Crippen LogP contribution is -2.49. The first kappa shape index (κ1) is 21.8. The Morgan fingerprint density at radius 2 is 1.96 bits per heavy atom. The highest BCUT2D eigenvalue weighted by Crippen LogP contribution is 2.34. The molecule has 1 unspecified atom stereocenters. The Balaban J connectivity index is 2.23. The van der Waals surface area contributed by atoms with Gasteiger partial charge in [0, 0.05) is 19.0 Å². The summed E-state index contributed by atoms with van der Waals surface area (Å²) in [5.41, 5.74) is -0.647. The lowest BCUT2D eigenvalue weighted by Gasteiger charge is -2.30. The second kappa shape index (κ2) is 8.67. The summed E-state index contributed by atoms with van der Waals surface area (Å²) in [4.78, 5) is 38.2. The van der Waals surface area contributed by atoms with Gasteiger partial charge in [-0.05, 0) is 51.8 Å². The van der Waals surface area contributed by atoms with Crippen molar-refractivity contribution in [1.29, 1.82) is 0 Å². The van der Waals surface area contributed by atoms with E-state index in [0.717, 1.165) is 18.2 Å². The molecule has 2 amide bonds. The Morgan fingerprint density at radius 1 is 1.29 bits per heavy atom. The Hall–Kier alpha value is -2.51. The fourth-order valence-corrected chi connectivity index (χ4v) is 3.32. The number of halogens is 2. The Bertz CT molecular complexity index is 761. The average molecular weight is 396 g/mol. The van der Waals surface area contributed by atoms with Gasteiger partial charge < -0.3 is 15.0 Å². The number of carbonyl (C=O) groups is 3. The molecule has 1 aliphatic rings. The number of amides is 2. The minimum atomic E-state index is -1.13. The van der Waals surface area contributed by atoms with Crippen molar-refractivity contribution < 1.29 is 27.9 Å². The van der Waals surface area contributed by atoms with Crippen LogP contribution in [0.1, 0.15) is 58.6 Å². The van der Waals surface area contributed by atoms with E-state index in [1.54, 1.807) is 20.8 Å². The zero-order valence-electron chi connectivity index (χ0n) is 16.6. The number of nitrogens with zero attached hydrogens (tertiary/aromatic N) is 1. The smallest absolute Gasteiger partial charge is 0.308 e. The standard InChI is InChI=1S/C20H26F2N2O4/c1-12(25)23-16(11-18(26)28-20(2,3)4)19(27)24-9-5-6-17(24)14-10-13(21)7-8-15(14)22/h7-8,10,16-17H,5-6,9,11H2,1-4H3,(H,23,25)/t16-,17?/m0/s1. The van der Waals surface area contributed by atoms with Crippen molar-refractivity contribution in [2.75, 3.05) is 6.54 Å². The fourth-order valence-electron chi connectivity index (χ4n) is 3.32. The quantitative estimate of drug-likeness (QED) is 0.777. The summed E-state index contributed by atoms with van der Waals surface area (Å²) in [5, 5.41) is 2.47. The van der Waals surface area contributed by atoms with E-state index in [4.69, 9.17) is 4.74 Å². The Labute approximate surface area is 163 Å². The van der Waals surface area contributed by atoms with Crippen LogP contribution in [-0.4, -0.2) is 40.9 Å². The van der Waals surface area contributed by atoms with Gasteiger partial charge in [-0.3, -0.25) is 14.4 Å². The number of rotatable bonds is 5. The minimum Gasteiger partial charge on any atom is -0.460 e. The highest BCUT2D eigenvalue weighted by Gasteiger charge is 2.37. The zero-order chi connectivity index (χ0) is 21.1. The van der Waals surface area contributed by atoms with E-state index in [1.165, 1.54) is 11.8 Å². The Kier molecular flexibility index (Phi) is 6.74. The summed E-state index contributed by atoms with van der Waals surface area (Å²) in [6, 6.07) is 1.33. The average Bonchev–Trinajstić information content (AvgIpc) is 3.03. The molecule has 0 bridgehead atoms. The molecule has 0 radical (unpaired) electrons. The van der Waals surface area contributed by atoms with Gasteiger partial charge in [0.05, 0.1) is 12.5 Å². The maximum absolute atomic E-state index is 14.2. The Morgan fingerprint density at radius 3 is 2.57 bits per heavy atom. The number of hydrogen-bond acceptors (Lipinski definition) is 4. The molecule has 0 aliphatic carbocycles. The molecule has 6 nitrogen and oxygen atoms in total. The number of ether oxygens (including phenoxy) is 1. The van der Waals surface area contributed by atoms with Gasteiger partial charge in [0.1, 0.15) is 23.3 Å². The maximum Gasteiger partial charge on any atom is 0.308 e. The van der Waals surface area contributed by atoms with Gasteiger partial charge in [0.25, 0.3) is 0 Å². The predicted octanol–water partition coefficient (Wildman–Crippen LogP) is 2.86. The first-order chi connectivity index (χ1) is 13.0. The summed E-state index contributed by atoms with van der Waals surface area (Å²) in [5.74, 6) is -2.83. The number of nitrogens with one attached hydrogen (secondary N) is 1. The van der Waals surface area contributed by atoms with Crippen LogP contribution in [0.5, 0.6) is 0 Å². The van der Waals surface area contributed by atoms with Crippen molar-refractivity contribution in [3.63, 3.8) is 0 Å². The van der Waals surface area contributed by atoms with Gasteiger partial charge >= 0.3 is 5.97 Å². The molecule has 0 aromatic heterocycles. The normalized spacial score (nSPS) is 17.9. The number of carbonyl (C=O) groups excluding carboxylic acids is 3. The van der Waals surface area contributed by atoms with E-state index >= 15 is 0 Å². The van der Waals surface area contributed by atoms with Crippen LogP contribution in [0.15, 0.2) is 18.2 Å². The van der Waals surface area contributed by atoms with Crippen LogP contribution in [0.3, 0.4) is 0 Å². The van der Waals surface area contributed by atoms with E-state index in [2.05, 4.69) is 5.32 Å². The molecule has 1 N–H and O–H groups in total. The maximum atomic E-state index is 14.2. The molecule has 2 atom stereocenters. The molecule has 2 rings (SSSR count). The lowest BCUT2D eigenvalue weighted by atomic mass is 10.0. The molecule has 1 fully saturated rings. The third kappa shape index (κ3) is 5.74. The summed E-state index contributed by atoms with van der Waals surface area (Å²) in [6.07, 6.45) is 0.724. The van der Waals surface area contributed by atoms with Crippen molar-refractivity contribution in [2.24, 2.45) is 0 Å². The molecule has 154 valence electrons. The number of hydrogen-bond donors (Lipinski definition) is 1.